The second kappa shape index (κ2) is 10.3. The molecule has 2 rings (SSSR count). The van der Waals surface area contributed by atoms with Gasteiger partial charge in [-0.1, -0.05) is 0 Å². The Labute approximate surface area is 160 Å². The van der Waals surface area contributed by atoms with E-state index < -0.39 is 37.2 Å². The molecule has 2 amide bonds. The van der Waals surface area contributed by atoms with Crippen molar-refractivity contribution in [3.63, 3.8) is 0 Å². The van der Waals surface area contributed by atoms with E-state index in [1.54, 1.807) is 0 Å². The first-order valence-corrected chi connectivity index (χ1v) is 8.08. The first kappa shape index (κ1) is 23.0. The van der Waals surface area contributed by atoms with Crippen LogP contribution in [0.2, 0.25) is 0 Å². The standard InChI is InChI=1S/C16H21F3N4O3.ClH/c17-16(18,19)13(23-7-5-21-6-8-23)9-22-14(24)10-26-12-3-1-11(2-4-12)15(20)25;/h1-4,13,21H,5-10H2,(H2,20,25)(H,22,24);1H. The van der Waals surface area contributed by atoms with Gasteiger partial charge in [0.05, 0.1) is 0 Å². The molecule has 0 spiro atoms. The van der Waals surface area contributed by atoms with Crippen LogP contribution in [0.15, 0.2) is 24.3 Å². The highest BCUT2D eigenvalue weighted by molar-refractivity contribution is 5.92. The van der Waals surface area contributed by atoms with Crippen molar-refractivity contribution in [1.29, 1.82) is 0 Å². The molecular weight excluding hydrogens is 389 g/mol. The Morgan fingerprint density at radius 1 is 1.22 bits per heavy atom. The van der Waals surface area contributed by atoms with Crippen molar-refractivity contribution in [2.75, 3.05) is 39.3 Å². The van der Waals surface area contributed by atoms with Gasteiger partial charge < -0.3 is 21.1 Å². The van der Waals surface area contributed by atoms with Gasteiger partial charge in [0.15, 0.2) is 6.61 Å². The van der Waals surface area contributed by atoms with Gasteiger partial charge in [-0.15, -0.1) is 12.4 Å². The van der Waals surface area contributed by atoms with E-state index in [9.17, 15) is 22.8 Å². The number of alkyl halides is 3. The van der Waals surface area contributed by atoms with E-state index in [2.05, 4.69) is 10.6 Å². The predicted octanol–water partition coefficient (Wildman–Crippen LogP) is 0.538. The lowest BCUT2D eigenvalue weighted by atomic mass is 10.2. The number of ether oxygens (including phenoxy) is 1. The Bertz CT molecular complexity index is 622. The highest BCUT2D eigenvalue weighted by Crippen LogP contribution is 2.24. The third-order valence-corrected chi connectivity index (χ3v) is 3.97. The van der Waals surface area contributed by atoms with Gasteiger partial charge in [-0.3, -0.25) is 14.5 Å². The van der Waals surface area contributed by atoms with Gasteiger partial charge >= 0.3 is 6.18 Å². The first-order valence-electron chi connectivity index (χ1n) is 8.08. The van der Waals surface area contributed by atoms with Crippen LogP contribution in [-0.4, -0.2) is 68.3 Å². The van der Waals surface area contributed by atoms with Crippen LogP contribution >= 0.6 is 12.4 Å². The van der Waals surface area contributed by atoms with Crippen molar-refractivity contribution in [2.45, 2.75) is 12.2 Å². The lowest BCUT2D eigenvalue weighted by Gasteiger charge is -2.35. The summed E-state index contributed by atoms with van der Waals surface area (Å²) < 4.78 is 44.9. The van der Waals surface area contributed by atoms with Crippen LogP contribution < -0.4 is 21.1 Å². The Kier molecular flexibility index (Phi) is 8.80. The maximum atomic E-state index is 13.2. The van der Waals surface area contributed by atoms with Crippen LogP contribution in [0.4, 0.5) is 13.2 Å². The largest absolute Gasteiger partial charge is 0.484 e. The Morgan fingerprint density at radius 3 is 2.33 bits per heavy atom. The van der Waals surface area contributed by atoms with Crippen molar-refractivity contribution in [2.24, 2.45) is 5.73 Å². The second-order valence-corrected chi connectivity index (χ2v) is 5.82. The van der Waals surface area contributed by atoms with E-state index in [1.165, 1.54) is 29.2 Å². The summed E-state index contributed by atoms with van der Waals surface area (Å²) in [6.07, 6.45) is -4.43. The van der Waals surface area contributed by atoms with E-state index in [-0.39, 0.29) is 31.1 Å². The van der Waals surface area contributed by atoms with E-state index in [4.69, 9.17) is 10.5 Å². The number of hydrogen-bond donors (Lipinski definition) is 3. The fourth-order valence-electron chi connectivity index (χ4n) is 2.57. The minimum absolute atomic E-state index is 0. The predicted molar refractivity (Wildman–Crippen MR) is 95.0 cm³/mol. The summed E-state index contributed by atoms with van der Waals surface area (Å²) in [6.45, 7) is 0.524. The lowest BCUT2D eigenvalue weighted by molar-refractivity contribution is -0.184. The first-order chi connectivity index (χ1) is 12.3. The van der Waals surface area contributed by atoms with Gasteiger partial charge in [0.2, 0.25) is 5.91 Å². The molecule has 27 heavy (non-hydrogen) atoms. The van der Waals surface area contributed by atoms with E-state index in [0.717, 1.165) is 0 Å². The zero-order valence-electron chi connectivity index (χ0n) is 14.4. The molecule has 152 valence electrons. The molecule has 1 aromatic rings. The van der Waals surface area contributed by atoms with Crippen molar-refractivity contribution in [1.82, 2.24) is 15.5 Å². The minimum Gasteiger partial charge on any atom is -0.484 e. The van der Waals surface area contributed by atoms with Gasteiger partial charge in [-0.25, -0.2) is 0 Å². The number of carbonyl (C=O) groups is 2. The van der Waals surface area contributed by atoms with Crippen LogP contribution in [0.5, 0.6) is 5.75 Å². The summed E-state index contributed by atoms with van der Waals surface area (Å²) in [6, 6.07) is 4.03. The SMILES string of the molecule is Cl.NC(=O)c1ccc(OCC(=O)NCC(N2CCNCC2)C(F)(F)F)cc1. The number of nitrogens with two attached hydrogens (primary N) is 1. The number of hydrogen-bond acceptors (Lipinski definition) is 5. The van der Waals surface area contributed by atoms with Crippen molar-refractivity contribution >= 4 is 24.2 Å². The molecule has 1 heterocycles. The van der Waals surface area contributed by atoms with Crippen molar-refractivity contribution < 1.29 is 27.5 Å². The minimum atomic E-state index is -4.43. The highest BCUT2D eigenvalue weighted by Gasteiger charge is 2.43. The van der Waals surface area contributed by atoms with E-state index in [1.807, 2.05) is 0 Å². The molecule has 4 N–H and O–H groups in total. The number of rotatable bonds is 7. The van der Waals surface area contributed by atoms with Gasteiger partial charge in [0.1, 0.15) is 11.8 Å². The van der Waals surface area contributed by atoms with Crippen LogP contribution in [0.1, 0.15) is 10.4 Å². The number of carbonyl (C=O) groups excluding carboxylic acids is 2. The number of amides is 2. The third kappa shape index (κ3) is 7.24. The van der Waals surface area contributed by atoms with Gasteiger partial charge in [-0.2, -0.15) is 13.2 Å². The summed E-state index contributed by atoms with van der Waals surface area (Å²) in [7, 11) is 0. The zero-order valence-corrected chi connectivity index (χ0v) is 15.2. The molecule has 1 aliphatic heterocycles. The van der Waals surface area contributed by atoms with E-state index >= 15 is 0 Å². The Hall–Kier alpha value is -2.04. The molecule has 0 aliphatic carbocycles. The van der Waals surface area contributed by atoms with Crippen LogP contribution in [0, 0.1) is 0 Å². The van der Waals surface area contributed by atoms with Crippen LogP contribution in [-0.2, 0) is 4.79 Å². The van der Waals surface area contributed by atoms with Crippen LogP contribution in [0.25, 0.3) is 0 Å². The number of nitrogens with zero attached hydrogens (tertiary/aromatic N) is 1. The summed E-state index contributed by atoms with van der Waals surface area (Å²) in [5, 5.41) is 5.26. The smallest absolute Gasteiger partial charge is 0.405 e. The van der Waals surface area contributed by atoms with Gasteiger partial charge in [0, 0.05) is 38.3 Å². The lowest BCUT2D eigenvalue weighted by Crippen LogP contribution is -2.57. The maximum Gasteiger partial charge on any atom is 0.405 e. The number of primary amides is 1. The molecule has 1 aliphatic rings. The molecule has 0 saturated carbocycles. The molecular formula is C16H22ClF3N4O3. The molecule has 0 bridgehead atoms. The average Bonchev–Trinajstić information content (AvgIpc) is 2.60. The zero-order chi connectivity index (χ0) is 19.2. The number of nitrogens with one attached hydrogen (secondary N) is 2. The third-order valence-electron chi connectivity index (χ3n) is 3.97. The molecule has 0 aromatic heterocycles. The summed E-state index contributed by atoms with van der Waals surface area (Å²) >= 11 is 0. The maximum absolute atomic E-state index is 13.2. The van der Waals surface area contributed by atoms with Gasteiger partial charge in [-0.05, 0) is 24.3 Å². The molecule has 1 fully saturated rings. The topological polar surface area (TPSA) is 96.7 Å². The number of halogens is 4. The second-order valence-electron chi connectivity index (χ2n) is 5.82. The normalized spacial score (nSPS) is 16.1. The molecule has 1 saturated heterocycles. The molecule has 11 heteroatoms. The molecule has 0 radical (unpaired) electrons. The van der Waals surface area contributed by atoms with Crippen LogP contribution in [0.3, 0.4) is 0 Å². The quantitative estimate of drug-likeness (QED) is 0.609. The summed E-state index contributed by atoms with van der Waals surface area (Å²) in [4.78, 5) is 24.1. The summed E-state index contributed by atoms with van der Waals surface area (Å²) in [5.74, 6) is -0.951. The van der Waals surface area contributed by atoms with Crippen molar-refractivity contribution in [3.05, 3.63) is 29.8 Å². The van der Waals surface area contributed by atoms with Gasteiger partial charge in [0.25, 0.3) is 5.91 Å². The summed E-state index contributed by atoms with van der Waals surface area (Å²) in [5.41, 5.74) is 5.39. The fourth-order valence-corrected chi connectivity index (χ4v) is 2.57. The van der Waals surface area contributed by atoms with E-state index in [0.29, 0.717) is 18.8 Å². The van der Waals surface area contributed by atoms with Crippen molar-refractivity contribution in [3.8, 4) is 5.75 Å². The average molecular weight is 411 g/mol. The molecule has 7 nitrogen and oxygen atoms in total. The Balaban J connectivity index is 0.00000364. The monoisotopic (exact) mass is 410 g/mol. The molecule has 1 atom stereocenters. The molecule has 1 aromatic carbocycles. The highest BCUT2D eigenvalue weighted by atomic mass is 35.5. The number of benzene rings is 1. The fraction of sp³-hybridized carbons (Fsp3) is 0.500. The number of piperazine rings is 1. The molecule has 1 unspecified atom stereocenters. The Morgan fingerprint density at radius 2 is 1.81 bits per heavy atom.